The van der Waals surface area contributed by atoms with Crippen molar-refractivity contribution < 1.29 is 13.2 Å². The first kappa shape index (κ1) is 18.4. The number of fused-ring (bicyclic) bond motifs is 1. The zero-order valence-electron chi connectivity index (χ0n) is 15.1. The Morgan fingerprint density at radius 1 is 1.24 bits per heavy atom. The second kappa shape index (κ2) is 7.45. The molecule has 0 aromatic carbocycles. The molecule has 1 aromatic heterocycles. The van der Waals surface area contributed by atoms with Crippen molar-refractivity contribution in [3.8, 4) is 0 Å². The Morgan fingerprint density at radius 3 is 2.76 bits per heavy atom. The topological polar surface area (TPSA) is 84.3 Å². The minimum atomic E-state index is -3.19. The normalized spacial score (nSPS) is 21.2. The van der Waals surface area contributed by atoms with Gasteiger partial charge in [-0.2, -0.15) is 5.10 Å². The second-order valence-electron chi connectivity index (χ2n) is 7.21. The van der Waals surface area contributed by atoms with Gasteiger partial charge in [-0.3, -0.25) is 9.48 Å². The first-order valence-corrected chi connectivity index (χ1v) is 11.1. The van der Waals surface area contributed by atoms with E-state index in [1.807, 2.05) is 11.9 Å². The zero-order valence-corrected chi connectivity index (χ0v) is 15.9. The molecule has 1 fully saturated rings. The lowest BCUT2D eigenvalue weighted by Gasteiger charge is -2.36. The van der Waals surface area contributed by atoms with E-state index < -0.39 is 10.0 Å². The molecule has 7 nitrogen and oxygen atoms in total. The van der Waals surface area contributed by atoms with Gasteiger partial charge in [0.15, 0.2) is 0 Å². The maximum atomic E-state index is 13.3. The Hall–Kier alpha value is -1.41. The van der Waals surface area contributed by atoms with Gasteiger partial charge in [0.1, 0.15) is 5.69 Å². The SMILES string of the molecule is Cn1nc2c(c1C(=O)N1CCCCC1CCNS(C)(=O)=O)CCCC2. The van der Waals surface area contributed by atoms with Gasteiger partial charge in [0.25, 0.3) is 5.91 Å². The van der Waals surface area contributed by atoms with Crippen LogP contribution in [-0.2, 0) is 29.9 Å². The van der Waals surface area contributed by atoms with E-state index in [4.69, 9.17) is 0 Å². The molecule has 1 amide bonds. The Labute approximate surface area is 149 Å². The number of hydrogen-bond donors (Lipinski definition) is 1. The van der Waals surface area contributed by atoms with Crippen LogP contribution in [0.4, 0.5) is 0 Å². The fourth-order valence-electron chi connectivity index (χ4n) is 4.06. The zero-order chi connectivity index (χ0) is 18.0. The fourth-order valence-corrected chi connectivity index (χ4v) is 4.55. The summed E-state index contributed by atoms with van der Waals surface area (Å²) in [7, 11) is -1.34. The van der Waals surface area contributed by atoms with Crippen molar-refractivity contribution >= 4 is 15.9 Å². The van der Waals surface area contributed by atoms with Crippen molar-refractivity contribution in [3.05, 3.63) is 17.0 Å². The molecule has 140 valence electrons. The quantitative estimate of drug-likeness (QED) is 0.847. The van der Waals surface area contributed by atoms with Crippen molar-refractivity contribution in [3.63, 3.8) is 0 Å². The fraction of sp³-hybridized carbons (Fsp3) is 0.765. The Kier molecular flexibility index (Phi) is 5.48. The van der Waals surface area contributed by atoms with Crippen LogP contribution in [0.15, 0.2) is 0 Å². The number of hydrogen-bond acceptors (Lipinski definition) is 4. The number of aryl methyl sites for hydroxylation is 2. The molecule has 3 rings (SSSR count). The van der Waals surface area contributed by atoms with Crippen LogP contribution < -0.4 is 4.72 Å². The first-order chi connectivity index (χ1) is 11.9. The van der Waals surface area contributed by atoms with E-state index in [9.17, 15) is 13.2 Å². The molecule has 1 aliphatic carbocycles. The number of aromatic nitrogens is 2. The van der Waals surface area contributed by atoms with E-state index in [0.29, 0.717) is 13.0 Å². The Balaban J connectivity index is 1.76. The van der Waals surface area contributed by atoms with Crippen LogP contribution in [0, 0.1) is 0 Å². The largest absolute Gasteiger partial charge is 0.334 e. The predicted molar refractivity (Wildman–Crippen MR) is 96.0 cm³/mol. The van der Waals surface area contributed by atoms with Crippen LogP contribution in [-0.4, -0.2) is 54.4 Å². The maximum absolute atomic E-state index is 13.3. The predicted octanol–water partition coefficient (Wildman–Crippen LogP) is 1.23. The molecule has 8 heteroatoms. The van der Waals surface area contributed by atoms with E-state index in [0.717, 1.165) is 68.4 Å². The Bertz CT molecular complexity index is 741. The monoisotopic (exact) mass is 368 g/mol. The lowest BCUT2D eigenvalue weighted by molar-refractivity contribution is 0.0591. The molecule has 1 atom stereocenters. The van der Waals surface area contributed by atoms with Crippen LogP contribution in [0.1, 0.15) is 60.3 Å². The molecule has 0 bridgehead atoms. The Morgan fingerprint density at radius 2 is 2.00 bits per heavy atom. The number of piperidine rings is 1. The van der Waals surface area contributed by atoms with Crippen LogP contribution >= 0.6 is 0 Å². The van der Waals surface area contributed by atoms with Gasteiger partial charge in [0.05, 0.1) is 11.9 Å². The van der Waals surface area contributed by atoms with Gasteiger partial charge < -0.3 is 4.90 Å². The summed E-state index contributed by atoms with van der Waals surface area (Å²) in [5, 5.41) is 4.56. The highest BCUT2D eigenvalue weighted by Gasteiger charge is 2.32. The number of carbonyl (C=O) groups is 1. The van der Waals surface area contributed by atoms with Crippen LogP contribution in [0.3, 0.4) is 0 Å². The lowest BCUT2D eigenvalue weighted by atomic mass is 9.94. The van der Waals surface area contributed by atoms with Crippen LogP contribution in [0.5, 0.6) is 0 Å². The molecule has 0 saturated carbocycles. The second-order valence-corrected chi connectivity index (χ2v) is 9.04. The highest BCUT2D eigenvalue weighted by atomic mass is 32.2. The number of nitrogens with zero attached hydrogens (tertiary/aromatic N) is 3. The number of likely N-dealkylation sites (tertiary alicyclic amines) is 1. The molecule has 25 heavy (non-hydrogen) atoms. The van der Waals surface area contributed by atoms with Crippen LogP contribution in [0.25, 0.3) is 0 Å². The first-order valence-electron chi connectivity index (χ1n) is 9.17. The summed E-state index contributed by atoms with van der Waals surface area (Å²) < 4.78 is 26.8. The number of carbonyl (C=O) groups excluding carboxylic acids is 1. The summed E-state index contributed by atoms with van der Waals surface area (Å²) in [6.07, 6.45) is 8.96. The van der Waals surface area contributed by atoms with E-state index in [1.54, 1.807) is 4.68 Å². The molecular weight excluding hydrogens is 340 g/mol. The molecule has 0 spiro atoms. The highest BCUT2D eigenvalue weighted by Crippen LogP contribution is 2.27. The van der Waals surface area contributed by atoms with E-state index in [2.05, 4.69) is 9.82 Å². The smallest absolute Gasteiger partial charge is 0.272 e. The summed E-state index contributed by atoms with van der Waals surface area (Å²) in [6, 6.07) is 0.0876. The van der Waals surface area contributed by atoms with Crippen molar-refractivity contribution in [1.29, 1.82) is 0 Å². The molecule has 2 aliphatic rings. The third kappa shape index (κ3) is 4.23. The molecule has 1 aliphatic heterocycles. The average molecular weight is 369 g/mol. The van der Waals surface area contributed by atoms with Gasteiger partial charge in [0.2, 0.25) is 10.0 Å². The molecule has 0 radical (unpaired) electrons. The standard InChI is InChI=1S/C17H28N4O3S/c1-20-16(14-8-3-4-9-15(14)19-20)17(22)21-12-6-5-7-13(21)10-11-18-25(2,23)24/h13,18H,3-12H2,1-2H3. The minimum Gasteiger partial charge on any atom is -0.334 e. The number of nitrogens with one attached hydrogen (secondary N) is 1. The molecule has 1 N–H and O–H groups in total. The number of amides is 1. The van der Waals surface area contributed by atoms with Crippen molar-refractivity contribution in [2.24, 2.45) is 7.05 Å². The third-order valence-corrected chi connectivity index (χ3v) is 5.98. The van der Waals surface area contributed by atoms with E-state index in [1.165, 1.54) is 6.26 Å². The number of rotatable bonds is 5. The van der Waals surface area contributed by atoms with Gasteiger partial charge in [-0.1, -0.05) is 0 Å². The van der Waals surface area contributed by atoms with Crippen molar-refractivity contribution in [2.45, 2.75) is 57.4 Å². The van der Waals surface area contributed by atoms with Gasteiger partial charge in [-0.15, -0.1) is 0 Å². The summed E-state index contributed by atoms with van der Waals surface area (Å²) in [5.74, 6) is 0.0576. The number of sulfonamides is 1. The third-order valence-electron chi connectivity index (χ3n) is 5.25. The minimum absolute atomic E-state index is 0.0576. The molecule has 1 aromatic rings. The molecule has 1 saturated heterocycles. The van der Waals surface area contributed by atoms with Gasteiger partial charge in [-0.25, -0.2) is 13.1 Å². The highest BCUT2D eigenvalue weighted by molar-refractivity contribution is 7.88. The molecule has 2 heterocycles. The molecule has 1 unspecified atom stereocenters. The van der Waals surface area contributed by atoms with Crippen molar-refractivity contribution in [2.75, 3.05) is 19.3 Å². The summed E-state index contributed by atoms with van der Waals surface area (Å²) in [6.45, 7) is 1.11. The summed E-state index contributed by atoms with van der Waals surface area (Å²) in [5.41, 5.74) is 2.93. The maximum Gasteiger partial charge on any atom is 0.272 e. The van der Waals surface area contributed by atoms with Gasteiger partial charge in [-0.05, 0) is 51.4 Å². The van der Waals surface area contributed by atoms with Crippen molar-refractivity contribution in [1.82, 2.24) is 19.4 Å². The van der Waals surface area contributed by atoms with Gasteiger partial charge >= 0.3 is 0 Å². The summed E-state index contributed by atoms with van der Waals surface area (Å²) in [4.78, 5) is 15.2. The van der Waals surface area contributed by atoms with E-state index >= 15 is 0 Å². The van der Waals surface area contributed by atoms with Gasteiger partial charge in [0, 0.05) is 31.7 Å². The average Bonchev–Trinajstić information content (AvgIpc) is 2.89. The molecular formula is C17H28N4O3S. The lowest BCUT2D eigenvalue weighted by Crippen LogP contribution is -2.46. The van der Waals surface area contributed by atoms with E-state index in [-0.39, 0.29) is 11.9 Å². The van der Waals surface area contributed by atoms with Crippen LogP contribution in [0.2, 0.25) is 0 Å². The summed E-state index contributed by atoms with van der Waals surface area (Å²) >= 11 is 0.